The van der Waals surface area contributed by atoms with Crippen LogP contribution in [0.15, 0.2) is 0 Å². The molecule has 42 nitrogen and oxygen atoms in total. The minimum absolute atomic E-state index is 0. The molecule has 0 aliphatic heterocycles. The van der Waals surface area contributed by atoms with E-state index < -0.39 is 63.9 Å². The predicted molar refractivity (Wildman–Crippen MR) is 83.5 cm³/mol. The van der Waals surface area contributed by atoms with E-state index in [1.807, 2.05) is 0 Å². The van der Waals surface area contributed by atoms with E-state index in [4.69, 9.17) is 159 Å². The van der Waals surface area contributed by atoms with E-state index in [2.05, 4.69) is 0 Å². The molecule has 0 saturated heterocycles. The van der Waals surface area contributed by atoms with Crippen LogP contribution in [-0.2, 0) is 0 Å². The van der Waals surface area contributed by atoms with Crippen molar-refractivity contribution in [2.45, 2.75) is 0 Å². The van der Waals surface area contributed by atoms with Crippen molar-refractivity contribution < 1.29 is 257 Å². The zero-order chi connectivity index (χ0) is 38.6. The quantitative estimate of drug-likeness (QED) is 0.0609. The fourth-order valence-electron chi connectivity index (χ4n) is 0. The molecule has 0 amide bonds. The number of hydrogen-bond acceptors (Lipinski definition) is 24. The maximum atomic E-state index is 8.88. The van der Waals surface area contributed by atoms with Crippen molar-refractivity contribution in [2.75, 3.05) is 0 Å². The van der Waals surface area contributed by atoms with Gasteiger partial charge in [-0.2, -0.15) is 0 Å². The van der Waals surface area contributed by atoms with Gasteiger partial charge in [-0.05, 0) is 0 Å². The van der Waals surface area contributed by atoms with Gasteiger partial charge in [0.1, 0.15) is 0 Å². The van der Waals surface area contributed by atoms with Crippen LogP contribution < -0.4 is 31.9 Å². The number of nitrogens with zero attached hydrogens (tertiary/aromatic N) is 9. The summed E-state index contributed by atoms with van der Waals surface area (Å²) in [6.45, 7) is 0. The summed E-state index contributed by atoms with van der Waals surface area (Å²) in [6.07, 6.45) is 0. The maximum absolute atomic E-state index is 9.12. The molecule has 0 atom stereocenters. The Morgan fingerprint density at radius 2 is 0.283 bits per heavy atom. The van der Waals surface area contributed by atoms with Gasteiger partial charge in [0.15, 0.2) is 0 Å². The van der Waals surface area contributed by atoms with Crippen molar-refractivity contribution in [3.63, 3.8) is 0 Å². The van der Waals surface area contributed by atoms with E-state index in [9.17, 15) is 0 Å². The predicted octanol–water partition coefficient (Wildman–Crippen LogP) is -12.0. The minimum atomic E-state index is -9.12. The molecule has 11 N–H and O–H groups in total. The Labute approximate surface area is 343 Å². The normalized spacial score (nSPS) is 8.22. The first-order valence-corrected chi connectivity index (χ1v) is 11.5. The average molecular weight is 1210 g/mol. The molecule has 46 heteroatoms. The van der Waals surface area contributed by atoms with Crippen LogP contribution in [0.4, 0.5) is 0 Å². The Hall–Kier alpha value is -2.58. The van der Waals surface area contributed by atoms with Crippen LogP contribution in [0.3, 0.4) is 0 Å². The topological polar surface area (TPSA) is 703 Å². The molecule has 0 aromatic heterocycles. The van der Waals surface area contributed by atoms with Gasteiger partial charge in [0.05, 0.1) is 0 Å². The van der Waals surface area contributed by atoms with Gasteiger partial charge in [0, 0.05) is 125 Å². The Kier molecular flexibility index (Phi) is 86.0. The fourth-order valence-corrected chi connectivity index (χ4v) is 0. The molecule has 0 fully saturated rings. The number of rotatable bonds is 0. The van der Waals surface area contributed by atoms with E-state index >= 15 is 0 Å². The first-order valence-electron chi connectivity index (χ1n) is 6.04. The van der Waals surface area contributed by atoms with Crippen LogP contribution in [-0.4, -0.2) is 99.5 Å². The Balaban J connectivity index is -0.0000000239. The van der Waals surface area contributed by atoms with E-state index in [-0.39, 0.29) is 125 Å². The summed E-state index contributed by atoms with van der Waals surface area (Å²) in [7, 11) is 0. The van der Waals surface area contributed by atoms with Crippen LogP contribution >= 0.6 is 0 Å². The summed E-state index contributed by atoms with van der Waals surface area (Å²) < 4.78 is 49.5. The summed E-state index contributed by atoms with van der Waals surface area (Å²) in [4.78, 5) is 75.3. The molecule has 0 aliphatic carbocycles. The molecule has 0 heterocycles. The van der Waals surface area contributed by atoms with E-state index in [0.29, 0.717) is 0 Å². The molecule has 0 radical (unpaired) electrons. The zero-order valence-corrected chi connectivity index (χ0v) is 31.4. The van der Waals surface area contributed by atoms with E-state index in [1.165, 1.54) is 0 Å². The van der Waals surface area contributed by atoms with Gasteiger partial charge in [-0.1, -0.05) is 0 Å². The molecule has 0 aromatic rings. The summed E-state index contributed by atoms with van der Waals surface area (Å²) in [5.74, 6) is 0. The molecule has 0 bridgehead atoms. The van der Waals surface area contributed by atoms with Crippen molar-refractivity contribution in [1.29, 1.82) is 0 Å². The van der Waals surface area contributed by atoms with Gasteiger partial charge in [0.25, 0.3) is 45.8 Å². The van der Waals surface area contributed by atoms with Crippen LogP contribution in [0.2, 0.25) is 0 Å². The van der Waals surface area contributed by atoms with E-state index in [1.54, 1.807) is 0 Å². The molecular weight excluding hydrogens is 1200 g/mol. The Morgan fingerprint density at radius 3 is 0.283 bits per heavy atom. The summed E-state index contributed by atoms with van der Waals surface area (Å²) >= 11 is -9.12. The SMILES string of the molecule is O=[N+]([O-])O.O=[N+]([O-])O.O=[N+]([O-])O.O=[N+]([O-])O.O=[N+]([O-])O.O=[N+]([O-])O.O=[N+]([O-])O.O=[N+]([O-])O.O=[N+]([O-])O.[Ce].[Ce].[Ce].[O-][I+]([O-])([O-])([O-])(O)O. The molecule has 276 valence electrons. The Bertz CT molecular complexity index is 596. The van der Waals surface area contributed by atoms with Gasteiger partial charge in [0.2, 0.25) is 0 Å². The zero-order valence-electron chi connectivity index (χ0n) is 19.8. The molecule has 0 aliphatic rings. The third kappa shape index (κ3) is 10200. The molecule has 0 rings (SSSR count). The Morgan fingerprint density at radius 1 is 0.283 bits per heavy atom. The summed E-state index contributed by atoms with van der Waals surface area (Å²) in [6, 6.07) is 0. The van der Waals surface area contributed by atoms with Gasteiger partial charge >= 0.3 is 38.8 Å². The van der Waals surface area contributed by atoms with Gasteiger partial charge in [-0.3, -0.25) is 0 Å². The van der Waals surface area contributed by atoms with Crippen LogP contribution in [0.1, 0.15) is 0 Å². The number of halogens is 1. The second-order valence-corrected chi connectivity index (χ2v) is 8.89. The average Bonchev–Trinajstić information content (AvgIpc) is 2.45. The van der Waals surface area contributed by atoms with Crippen molar-refractivity contribution in [1.82, 2.24) is 0 Å². The van der Waals surface area contributed by atoms with Crippen molar-refractivity contribution >= 4 is 0 Å². The van der Waals surface area contributed by atoms with Crippen molar-refractivity contribution in [3.05, 3.63) is 91.0 Å². The van der Waals surface area contributed by atoms with Gasteiger partial charge < -0.3 is 46.9 Å². The standard InChI is InChI=1S/3Ce.H2IO6.9HNO3/c;;;2-1(3,4,5,6)7;9*2-1(3)4/h;;;2-3H;9*(H,2,3,4)/q;;;-3;;;;;;;;;. The van der Waals surface area contributed by atoms with Crippen molar-refractivity contribution in [3.8, 4) is 0 Å². The third-order valence-electron chi connectivity index (χ3n) is 0. The second-order valence-electron chi connectivity index (χ2n) is 3.15. The molecule has 0 aromatic carbocycles. The first kappa shape index (κ1) is 84.4. The summed E-state index contributed by atoms with van der Waals surface area (Å²) in [5, 5.41) is 123. The monoisotopic (exact) mass is 1210 g/mol. The molecule has 0 spiro atoms. The fraction of sp³-hybridized carbons (Fsp3) is 0. The van der Waals surface area contributed by atoms with Gasteiger partial charge in [-0.15, -0.1) is 91.0 Å². The molecule has 46 heavy (non-hydrogen) atoms. The molecule has 0 saturated carbocycles. The molecule has 0 unspecified atom stereocenters. The van der Waals surface area contributed by atoms with Crippen molar-refractivity contribution in [2.24, 2.45) is 0 Å². The van der Waals surface area contributed by atoms with Gasteiger partial charge in [-0.25, -0.2) is 0 Å². The molecular formula is H11Ce3IN9O33-3. The van der Waals surface area contributed by atoms with Crippen LogP contribution in [0.5, 0.6) is 0 Å². The third-order valence-corrected chi connectivity index (χ3v) is 0. The van der Waals surface area contributed by atoms with Crippen LogP contribution in [0.25, 0.3) is 0 Å². The van der Waals surface area contributed by atoms with Crippen LogP contribution in [0, 0.1) is 216 Å². The second kappa shape index (κ2) is 46.8. The van der Waals surface area contributed by atoms with E-state index in [0.717, 1.165) is 0 Å². The first-order chi connectivity index (χ1) is 18.0. The summed E-state index contributed by atoms with van der Waals surface area (Å²) in [5.41, 5.74) is 0. The number of hydrogen-bond donors (Lipinski definition) is 11.